The molecule has 1 heterocycles. The maximum atomic E-state index is 13.2. The van der Waals surface area contributed by atoms with Crippen LogP contribution in [0.15, 0.2) is 48.5 Å². The van der Waals surface area contributed by atoms with Crippen LogP contribution >= 0.6 is 0 Å². The summed E-state index contributed by atoms with van der Waals surface area (Å²) < 4.78 is 26.2. The number of benzene rings is 2. The monoisotopic (exact) mass is 318 g/mol. The Kier molecular flexibility index (Phi) is 4.88. The van der Waals surface area contributed by atoms with Gasteiger partial charge in [0.15, 0.2) is 0 Å². The van der Waals surface area contributed by atoms with Gasteiger partial charge in [-0.05, 0) is 42.0 Å². The van der Waals surface area contributed by atoms with Crippen LogP contribution in [0.1, 0.15) is 11.7 Å². The molecule has 1 saturated heterocycles. The number of rotatable bonds is 4. The highest BCUT2D eigenvalue weighted by Crippen LogP contribution is 2.19. The van der Waals surface area contributed by atoms with Gasteiger partial charge in [0, 0.05) is 38.4 Å². The Labute approximate surface area is 134 Å². The molecule has 23 heavy (non-hydrogen) atoms. The second-order valence-electron chi connectivity index (χ2n) is 5.83. The summed E-state index contributed by atoms with van der Waals surface area (Å²) in [5, 5.41) is 10.2. The Hall–Kier alpha value is -1.98. The van der Waals surface area contributed by atoms with E-state index in [1.807, 2.05) is 0 Å². The van der Waals surface area contributed by atoms with Gasteiger partial charge in [-0.2, -0.15) is 0 Å². The van der Waals surface area contributed by atoms with Crippen molar-refractivity contribution < 1.29 is 13.9 Å². The highest BCUT2D eigenvalue weighted by atomic mass is 19.1. The van der Waals surface area contributed by atoms with Crippen LogP contribution in [0.3, 0.4) is 0 Å². The lowest BCUT2D eigenvalue weighted by atomic mass is 10.1. The van der Waals surface area contributed by atoms with Gasteiger partial charge in [0.25, 0.3) is 0 Å². The first-order chi connectivity index (χ1) is 11.1. The van der Waals surface area contributed by atoms with E-state index in [2.05, 4.69) is 9.80 Å². The molecule has 122 valence electrons. The summed E-state index contributed by atoms with van der Waals surface area (Å²) in [4.78, 5) is 4.36. The summed E-state index contributed by atoms with van der Waals surface area (Å²) in [7, 11) is 0. The fourth-order valence-electron chi connectivity index (χ4n) is 2.90. The van der Waals surface area contributed by atoms with Crippen LogP contribution < -0.4 is 4.90 Å². The Morgan fingerprint density at radius 2 is 1.61 bits per heavy atom. The van der Waals surface area contributed by atoms with Gasteiger partial charge in [-0.1, -0.05) is 12.1 Å². The summed E-state index contributed by atoms with van der Waals surface area (Å²) in [6.45, 7) is 3.75. The van der Waals surface area contributed by atoms with Crippen molar-refractivity contribution in [1.29, 1.82) is 0 Å². The molecule has 2 aromatic rings. The van der Waals surface area contributed by atoms with Gasteiger partial charge in [-0.15, -0.1) is 0 Å². The predicted octanol–water partition coefficient (Wildman–Crippen LogP) is 2.82. The van der Waals surface area contributed by atoms with Crippen molar-refractivity contribution in [2.24, 2.45) is 0 Å². The molecule has 1 N–H and O–H groups in total. The molecule has 1 aliphatic rings. The van der Waals surface area contributed by atoms with E-state index in [0.29, 0.717) is 12.1 Å². The molecule has 1 aliphatic heterocycles. The zero-order valence-corrected chi connectivity index (χ0v) is 12.8. The lowest BCUT2D eigenvalue weighted by Gasteiger charge is -2.37. The zero-order valence-electron chi connectivity index (χ0n) is 12.8. The quantitative estimate of drug-likeness (QED) is 0.939. The third-order valence-electron chi connectivity index (χ3n) is 4.23. The molecular formula is C18H20F2N2O. The Morgan fingerprint density at radius 3 is 2.26 bits per heavy atom. The first kappa shape index (κ1) is 15.9. The number of anilines is 1. The lowest BCUT2D eigenvalue weighted by molar-refractivity contribution is 0.109. The van der Waals surface area contributed by atoms with E-state index in [1.165, 1.54) is 24.3 Å². The first-order valence-corrected chi connectivity index (χ1v) is 7.78. The molecule has 1 fully saturated rings. The van der Waals surface area contributed by atoms with Gasteiger partial charge in [0.1, 0.15) is 11.6 Å². The van der Waals surface area contributed by atoms with E-state index < -0.39 is 6.10 Å². The molecule has 0 radical (unpaired) electrons. The van der Waals surface area contributed by atoms with Gasteiger partial charge >= 0.3 is 0 Å². The van der Waals surface area contributed by atoms with Crippen LogP contribution in [0, 0.1) is 11.6 Å². The Balaban J connectivity index is 1.54. The van der Waals surface area contributed by atoms with Crippen LogP contribution in [0.4, 0.5) is 14.5 Å². The number of aliphatic hydroxyl groups excluding tert-OH is 1. The SMILES string of the molecule is OC(CN1CCN(c2ccc(F)cc2)CC1)c1cccc(F)c1. The van der Waals surface area contributed by atoms with E-state index in [4.69, 9.17) is 0 Å². The topological polar surface area (TPSA) is 26.7 Å². The number of hydrogen-bond donors (Lipinski definition) is 1. The van der Waals surface area contributed by atoms with Crippen molar-refractivity contribution in [3.8, 4) is 0 Å². The summed E-state index contributed by atoms with van der Waals surface area (Å²) in [6, 6.07) is 12.6. The molecule has 5 heteroatoms. The van der Waals surface area contributed by atoms with Gasteiger partial charge < -0.3 is 10.0 Å². The molecular weight excluding hydrogens is 298 g/mol. The minimum atomic E-state index is -0.692. The molecule has 0 aliphatic carbocycles. The zero-order chi connectivity index (χ0) is 16.2. The molecule has 1 atom stereocenters. The molecule has 0 saturated carbocycles. The van der Waals surface area contributed by atoms with Gasteiger partial charge in [-0.25, -0.2) is 8.78 Å². The summed E-state index contributed by atoms with van der Waals surface area (Å²) in [5.41, 5.74) is 1.61. The number of aliphatic hydroxyl groups is 1. The number of nitrogens with zero attached hydrogens (tertiary/aromatic N) is 2. The fraction of sp³-hybridized carbons (Fsp3) is 0.333. The standard InChI is InChI=1S/C18H20F2N2O/c19-15-4-6-17(7-5-15)22-10-8-21(9-11-22)13-18(23)14-2-1-3-16(20)12-14/h1-7,12,18,23H,8-11,13H2. The first-order valence-electron chi connectivity index (χ1n) is 7.78. The summed E-state index contributed by atoms with van der Waals surface area (Å²) >= 11 is 0. The second-order valence-corrected chi connectivity index (χ2v) is 5.83. The minimum Gasteiger partial charge on any atom is -0.387 e. The fourth-order valence-corrected chi connectivity index (χ4v) is 2.90. The average molecular weight is 318 g/mol. The van der Waals surface area contributed by atoms with Crippen molar-refractivity contribution in [3.63, 3.8) is 0 Å². The van der Waals surface area contributed by atoms with Gasteiger partial charge in [-0.3, -0.25) is 4.90 Å². The molecule has 0 bridgehead atoms. The smallest absolute Gasteiger partial charge is 0.123 e. The summed E-state index contributed by atoms with van der Waals surface area (Å²) in [6.07, 6.45) is -0.692. The molecule has 0 amide bonds. The lowest BCUT2D eigenvalue weighted by Crippen LogP contribution is -2.47. The minimum absolute atomic E-state index is 0.231. The maximum Gasteiger partial charge on any atom is 0.123 e. The highest BCUT2D eigenvalue weighted by Gasteiger charge is 2.20. The van der Waals surface area contributed by atoms with Crippen molar-refractivity contribution in [2.45, 2.75) is 6.10 Å². The molecule has 2 aromatic carbocycles. The Morgan fingerprint density at radius 1 is 0.913 bits per heavy atom. The largest absolute Gasteiger partial charge is 0.387 e. The molecule has 3 rings (SSSR count). The van der Waals surface area contributed by atoms with Gasteiger partial charge in [0.05, 0.1) is 6.10 Å². The second kappa shape index (κ2) is 7.06. The molecule has 1 unspecified atom stereocenters. The van der Waals surface area contributed by atoms with Crippen LogP contribution in [-0.2, 0) is 0 Å². The Bertz CT molecular complexity index is 640. The van der Waals surface area contributed by atoms with E-state index in [0.717, 1.165) is 31.9 Å². The van der Waals surface area contributed by atoms with Crippen LogP contribution in [0.5, 0.6) is 0 Å². The van der Waals surface area contributed by atoms with E-state index in [1.54, 1.807) is 24.3 Å². The van der Waals surface area contributed by atoms with Crippen LogP contribution in [0.25, 0.3) is 0 Å². The van der Waals surface area contributed by atoms with Crippen LogP contribution in [-0.4, -0.2) is 42.7 Å². The number of hydrogen-bond acceptors (Lipinski definition) is 3. The predicted molar refractivity (Wildman–Crippen MR) is 86.4 cm³/mol. The van der Waals surface area contributed by atoms with E-state index >= 15 is 0 Å². The van der Waals surface area contributed by atoms with Crippen LogP contribution in [0.2, 0.25) is 0 Å². The maximum absolute atomic E-state index is 13.2. The van der Waals surface area contributed by atoms with Crippen molar-refractivity contribution >= 4 is 5.69 Å². The van der Waals surface area contributed by atoms with Gasteiger partial charge in [0.2, 0.25) is 0 Å². The van der Waals surface area contributed by atoms with E-state index in [-0.39, 0.29) is 11.6 Å². The van der Waals surface area contributed by atoms with Crippen molar-refractivity contribution in [1.82, 2.24) is 4.90 Å². The average Bonchev–Trinajstić information content (AvgIpc) is 2.56. The number of piperazine rings is 1. The van der Waals surface area contributed by atoms with E-state index in [9.17, 15) is 13.9 Å². The van der Waals surface area contributed by atoms with Crippen molar-refractivity contribution in [3.05, 3.63) is 65.7 Å². The third-order valence-corrected chi connectivity index (χ3v) is 4.23. The molecule has 0 spiro atoms. The number of β-amino-alcohol motifs (C(OH)–C–C–N with tert-alkyl or cyclic N) is 1. The highest BCUT2D eigenvalue weighted by molar-refractivity contribution is 5.46. The third kappa shape index (κ3) is 4.06. The molecule has 3 nitrogen and oxygen atoms in total. The normalized spacial score (nSPS) is 17.3. The molecule has 0 aromatic heterocycles. The summed E-state index contributed by atoms with van der Waals surface area (Å²) in [5.74, 6) is -0.562. The number of halogens is 2. The van der Waals surface area contributed by atoms with Crippen molar-refractivity contribution in [2.75, 3.05) is 37.6 Å².